The highest BCUT2D eigenvalue weighted by atomic mass is 19.1. The van der Waals surface area contributed by atoms with Gasteiger partial charge in [0, 0.05) is 26.2 Å². The molecule has 2 N–H and O–H groups in total. The monoisotopic (exact) mass is 292 g/mol. The van der Waals surface area contributed by atoms with Crippen LogP contribution in [0.1, 0.15) is 15.9 Å². The minimum atomic E-state index is -0.424. The molecule has 0 atom stereocenters. The molecule has 0 bridgehead atoms. The van der Waals surface area contributed by atoms with E-state index < -0.39 is 5.82 Å². The van der Waals surface area contributed by atoms with Gasteiger partial charge in [0.05, 0.1) is 13.3 Å². The molecular weight excluding hydrogens is 275 g/mol. The van der Waals surface area contributed by atoms with Crippen molar-refractivity contribution in [1.82, 2.24) is 15.1 Å². The second-order valence-electron chi connectivity index (χ2n) is 4.65. The van der Waals surface area contributed by atoms with E-state index in [4.69, 9.17) is 4.74 Å². The van der Waals surface area contributed by atoms with Gasteiger partial charge < -0.3 is 15.0 Å². The maximum atomic E-state index is 14.0. The number of amides is 1. The standard InChI is InChI=1S/C14H17FN4O2/c1-19(2)14(20)10-8-17-18-13(10)16-7-9-5-4-6-11(21-3)12(9)15/h4-6,8H,7H2,1-3H3,(H2,16,17,18). The van der Waals surface area contributed by atoms with E-state index in [-0.39, 0.29) is 18.2 Å². The lowest BCUT2D eigenvalue weighted by Crippen LogP contribution is -2.22. The lowest BCUT2D eigenvalue weighted by Gasteiger charge is -2.12. The number of nitrogens with one attached hydrogen (secondary N) is 2. The van der Waals surface area contributed by atoms with E-state index in [1.165, 1.54) is 18.2 Å². The summed E-state index contributed by atoms with van der Waals surface area (Å²) in [6.07, 6.45) is 1.44. The molecular formula is C14H17FN4O2. The Morgan fingerprint density at radius 1 is 1.48 bits per heavy atom. The second kappa shape index (κ2) is 6.25. The van der Waals surface area contributed by atoms with Gasteiger partial charge in [0.15, 0.2) is 11.6 Å². The molecule has 112 valence electrons. The first kappa shape index (κ1) is 14.8. The first-order chi connectivity index (χ1) is 10.0. The molecule has 1 amide bonds. The van der Waals surface area contributed by atoms with Gasteiger partial charge in [-0.3, -0.25) is 9.89 Å². The molecule has 1 heterocycles. The van der Waals surface area contributed by atoms with Crippen molar-refractivity contribution < 1.29 is 13.9 Å². The number of aromatic nitrogens is 2. The summed E-state index contributed by atoms with van der Waals surface area (Å²) in [5, 5.41) is 9.51. The predicted molar refractivity (Wildman–Crippen MR) is 76.9 cm³/mol. The zero-order chi connectivity index (χ0) is 15.4. The number of hydrogen-bond donors (Lipinski definition) is 2. The van der Waals surface area contributed by atoms with Crippen LogP contribution in [0.4, 0.5) is 10.2 Å². The van der Waals surface area contributed by atoms with E-state index in [0.717, 1.165) is 0 Å². The summed E-state index contributed by atoms with van der Waals surface area (Å²) in [6.45, 7) is 0.207. The number of hydrogen-bond acceptors (Lipinski definition) is 4. The minimum Gasteiger partial charge on any atom is -0.494 e. The Morgan fingerprint density at radius 2 is 2.24 bits per heavy atom. The molecule has 0 aliphatic rings. The molecule has 0 saturated heterocycles. The maximum absolute atomic E-state index is 14.0. The van der Waals surface area contributed by atoms with Crippen LogP contribution in [0.3, 0.4) is 0 Å². The summed E-state index contributed by atoms with van der Waals surface area (Å²) in [5.41, 5.74) is 0.843. The van der Waals surface area contributed by atoms with Gasteiger partial charge >= 0.3 is 0 Å². The summed E-state index contributed by atoms with van der Waals surface area (Å²) in [6, 6.07) is 4.91. The predicted octanol–water partition coefficient (Wildman–Crippen LogP) is 1.87. The van der Waals surface area contributed by atoms with Gasteiger partial charge in [-0.15, -0.1) is 0 Å². The Bertz CT molecular complexity index is 640. The van der Waals surface area contributed by atoms with Crippen LogP contribution < -0.4 is 10.1 Å². The van der Waals surface area contributed by atoms with Gasteiger partial charge in [0.25, 0.3) is 5.91 Å². The van der Waals surface area contributed by atoms with E-state index >= 15 is 0 Å². The van der Waals surface area contributed by atoms with Gasteiger partial charge in [-0.2, -0.15) is 5.10 Å². The Balaban J connectivity index is 2.15. The normalized spacial score (nSPS) is 10.3. The number of benzene rings is 1. The fraction of sp³-hybridized carbons (Fsp3) is 0.286. The van der Waals surface area contributed by atoms with Gasteiger partial charge in [-0.05, 0) is 6.07 Å². The second-order valence-corrected chi connectivity index (χ2v) is 4.65. The number of H-pyrrole nitrogens is 1. The van der Waals surface area contributed by atoms with Crippen molar-refractivity contribution >= 4 is 11.7 Å². The Hall–Kier alpha value is -2.57. The van der Waals surface area contributed by atoms with Crippen LogP contribution in [0.2, 0.25) is 0 Å². The topological polar surface area (TPSA) is 70.2 Å². The zero-order valence-electron chi connectivity index (χ0n) is 12.1. The smallest absolute Gasteiger partial charge is 0.258 e. The van der Waals surface area contributed by atoms with Crippen molar-refractivity contribution in [1.29, 1.82) is 0 Å². The molecule has 0 fully saturated rings. The molecule has 0 saturated carbocycles. The average molecular weight is 292 g/mol. The average Bonchev–Trinajstić information content (AvgIpc) is 2.93. The minimum absolute atomic E-state index is 0.183. The molecule has 21 heavy (non-hydrogen) atoms. The van der Waals surface area contributed by atoms with Crippen molar-refractivity contribution in [3.63, 3.8) is 0 Å². The van der Waals surface area contributed by atoms with E-state index in [9.17, 15) is 9.18 Å². The highest BCUT2D eigenvalue weighted by Crippen LogP contribution is 2.21. The number of anilines is 1. The highest BCUT2D eigenvalue weighted by molar-refractivity contribution is 5.98. The molecule has 2 aromatic rings. The molecule has 0 aliphatic carbocycles. The summed E-state index contributed by atoms with van der Waals surface area (Å²) in [7, 11) is 4.72. The van der Waals surface area contributed by atoms with E-state index in [0.29, 0.717) is 16.9 Å². The Kier molecular flexibility index (Phi) is 4.42. The van der Waals surface area contributed by atoms with Crippen molar-refractivity contribution in [2.45, 2.75) is 6.54 Å². The van der Waals surface area contributed by atoms with Crippen molar-refractivity contribution in [3.8, 4) is 5.75 Å². The molecule has 2 rings (SSSR count). The third kappa shape index (κ3) is 3.13. The van der Waals surface area contributed by atoms with Crippen LogP contribution in [0, 0.1) is 5.82 Å². The third-order valence-electron chi connectivity index (χ3n) is 2.99. The summed E-state index contributed by atoms with van der Waals surface area (Å²) >= 11 is 0. The van der Waals surface area contributed by atoms with E-state index in [2.05, 4.69) is 15.5 Å². The van der Waals surface area contributed by atoms with Crippen molar-refractivity contribution in [2.75, 3.05) is 26.5 Å². The summed E-state index contributed by atoms with van der Waals surface area (Å²) in [5.74, 6) is 0.0317. The number of carbonyl (C=O) groups excluding carboxylic acids is 1. The number of halogens is 1. The summed E-state index contributed by atoms with van der Waals surface area (Å²) in [4.78, 5) is 13.4. The quantitative estimate of drug-likeness (QED) is 0.882. The van der Waals surface area contributed by atoms with Crippen LogP contribution in [-0.2, 0) is 6.54 Å². The fourth-order valence-electron chi connectivity index (χ4n) is 1.86. The van der Waals surface area contributed by atoms with E-state index in [1.807, 2.05) is 0 Å². The zero-order valence-corrected chi connectivity index (χ0v) is 12.1. The molecule has 0 unspecified atom stereocenters. The first-order valence-electron chi connectivity index (χ1n) is 6.35. The maximum Gasteiger partial charge on any atom is 0.258 e. The number of ether oxygens (including phenoxy) is 1. The third-order valence-corrected chi connectivity index (χ3v) is 2.99. The van der Waals surface area contributed by atoms with Crippen LogP contribution in [-0.4, -0.2) is 42.2 Å². The Labute approximate surface area is 121 Å². The van der Waals surface area contributed by atoms with Crippen LogP contribution in [0.25, 0.3) is 0 Å². The van der Waals surface area contributed by atoms with Crippen molar-refractivity contribution in [2.24, 2.45) is 0 Å². The number of carbonyl (C=O) groups is 1. The van der Waals surface area contributed by atoms with Crippen LogP contribution in [0.15, 0.2) is 24.4 Å². The molecule has 1 aromatic carbocycles. The number of aromatic amines is 1. The molecule has 0 radical (unpaired) electrons. The largest absolute Gasteiger partial charge is 0.494 e. The summed E-state index contributed by atoms with van der Waals surface area (Å²) < 4.78 is 19.0. The molecule has 7 heteroatoms. The number of methoxy groups -OCH3 is 1. The Morgan fingerprint density at radius 3 is 2.90 bits per heavy atom. The molecule has 1 aromatic heterocycles. The van der Waals surface area contributed by atoms with E-state index in [1.54, 1.807) is 32.3 Å². The van der Waals surface area contributed by atoms with Gasteiger partial charge in [0.1, 0.15) is 11.4 Å². The van der Waals surface area contributed by atoms with Crippen molar-refractivity contribution in [3.05, 3.63) is 41.3 Å². The lowest BCUT2D eigenvalue weighted by molar-refractivity contribution is 0.0828. The number of rotatable bonds is 5. The van der Waals surface area contributed by atoms with Crippen LogP contribution in [0.5, 0.6) is 5.75 Å². The van der Waals surface area contributed by atoms with Crippen LogP contribution >= 0.6 is 0 Å². The molecule has 6 nitrogen and oxygen atoms in total. The van der Waals surface area contributed by atoms with Gasteiger partial charge in [0.2, 0.25) is 0 Å². The first-order valence-corrected chi connectivity index (χ1v) is 6.35. The van der Waals surface area contributed by atoms with Gasteiger partial charge in [-0.1, -0.05) is 12.1 Å². The number of nitrogens with zero attached hydrogens (tertiary/aromatic N) is 2. The SMILES string of the molecule is COc1cccc(CNc2[nH]ncc2C(=O)N(C)C)c1F. The lowest BCUT2D eigenvalue weighted by atomic mass is 10.2. The fourth-order valence-corrected chi connectivity index (χ4v) is 1.86. The van der Waals surface area contributed by atoms with Gasteiger partial charge in [-0.25, -0.2) is 4.39 Å². The molecule has 0 aliphatic heterocycles. The highest BCUT2D eigenvalue weighted by Gasteiger charge is 2.16. The molecule has 0 spiro atoms.